The van der Waals surface area contributed by atoms with Gasteiger partial charge in [-0.2, -0.15) is 0 Å². The highest BCUT2D eigenvalue weighted by Crippen LogP contribution is 2.69. The van der Waals surface area contributed by atoms with Crippen molar-refractivity contribution in [1.82, 2.24) is 19.7 Å². The third-order valence-corrected chi connectivity index (χ3v) is 16.2. The number of aromatic amines is 1. The van der Waals surface area contributed by atoms with Gasteiger partial charge in [0.1, 0.15) is 11.2 Å². The molecular formula is C46H56ClN5O7. The molecule has 1 aromatic heterocycles. The van der Waals surface area contributed by atoms with E-state index in [2.05, 4.69) is 57.0 Å². The Labute approximate surface area is 350 Å². The summed E-state index contributed by atoms with van der Waals surface area (Å²) in [6, 6.07) is 11.9. The van der Waals surface area contributed by atoms with Gasteiger partial charge in [0, 0.05) is 103 Å². The van der Waals surface area contributed by atoms with Crippen LogP contribution in [0.3, 0.4) is 0 Å². The van der Waals surface area contributed by atoms with Gasteiger partial charge in [-0.15, -0.1) is 11.6 Å². The number of hydrogen-bond donors (Lipinski definition) is 2. The van der Waals surface area contributed by atoms with Gasteiger partial charge < -0.3 is 29.2 Å². The van der Waals surface area contributed by atoms with Crippen LogP contribution in [0.15, 0.2) is 48.6 Å². The van der Waals surface area contributed by atoms with Crippen LogP contribution in [0.1, 0.15) is 74.8 Å². The molecule has 1 aliphatic carbocycles. The second kappa shape index (κ2) is 13.4. The van der Waals surface area contributed by atoms with E-state index in [-0.39, 0.29) is 30.3 Å². The molecule has 0 radical (unpaired) electrons. The van der Waals surface area contributed by atoms with Crippen LogP contribution in [0.25, 0.3) is 10.9 Å². The zero-order valence-electron chi connectivity index (χ0n) is 34.8. The lowest BCUT2D eigenvalue weighted by Gasteiger charge is -2.60. The fourth-order valence-electron chi connectivity index (χ4n) is 13.9. The summed E-state index contributed by atoms with van der Waals surface area (Å²) < 4.78 is 18.9. The lowest BCUT2D eigenvalue weighted by atomic mass is 9.49. The fraction of sp³-hybridized carbons (Fsp3) is 0.587. The number of nitrogens with one attached hydrogen (secondary N) is 1. The minimum absolute atomic E-state index is 0.0103. The Morgan fingerprint density at radius 1 is 1.07 bits per heavy atom. The number of H-pyrrole nitrogens is 1. The van der Waals surface area contributed by atoms with Crippen LogP contribution in [0.5, 0.6) is 5.75 Å². The highest BCUT2D eigenvalue weighted by atomic mass is 35.5. The second-order valence-electron chi connectivity index (χ2n) is 18.6. The molecule has 13 heteroatoms. The number of halogens is 1. The number of fused-ring (bicyclic) bond motifs is 7. The van der Waals surface area contributed by atoms with Crippen molar-refractivity contribution in [3.63, 3.8) is 0 Å². The van der Waals surface area contributed by atoms with Gasteiger partial charge in [-0.1, -0.05) is 44.2 Å². The van der Waals surface area contributed by atoms with E-state index in [1.54, 1.807) is 7.11 Å². The highest BCUT2D eigenvalue weighted by Gasteiger charge is 2.79. The molecule has 6 aliphatic heterocycles. The van der Waals surface area contributed by atoms with Gasteiger partial charge in [0.05, 0.1) is 25.9 Å². The second-order valence-corrected chi connectivity index (χ2v) is 19.0. The highest BCUT2D eigenvalue weighted by molar-refractivity contribution is 6.18. The Balaban J connectivity index is 1.26. The maximum Gasteiger partial charge on any atom is 0.417 e. The molecule has 7 heterocycles. The van der Waals surface area contributed by atoms with Crippen molar-refractivity contribution in [2.75, 3.05) is 71.3 Å². The van der Waals surface area contributed by atoms with Crippen molar-refractivity contribution in [1.29, 1.82) is 0 Å². The number of aromatic nitrogens is 1. The van der Waals surface area contributed by atoms with Gasteiger partial charge in [0.15, 0.2) is 0 Å². The summed E-state index contributed by atoms with van der Waals surface area (Å²) in [5.74, 6) is -0.143. The quantitative estimate of drug-likeness (QED) is 0.179. The standard InChI is InChI=1S/C46H56ClN5O7/c1-6-42-14-10-17-51-19-15-44(37(42)51)31-21-32(35(57-4)22-34(31)49(3)38(44)46(26-42)39(53)52(20-16-47)41(55)59-46)45(40(54)58-5)24-28-23-43(56,7-2)27-50(25-28)18-13-30-29-11-8-9-12-33(29)48-36(30)45/h8-12,14,21-22,28,37-38,48,56H,6-7,13,15-20,23-27H2,1-5H3/t28-,37+,38+,42+,43+,44-,45-,46-/m0/s1. The molecule has 3 aromatic rings. The number of piperidine rings is 1. The average Bonchev–Trinajstić information content (AvgIpc) is 3.95. The first-order valence-electron chi connectivity index (χ1n) is 21.5. The summed E-state index contributed by atoms with van der Waals surface area (Å²) in [6.45, 7) is 7.93. The van der Waals surface area contributed by atoms with E-state index in [9.17, 15) is 14.7 Å². The third-order valence-electron chi connectivity index (χ3n) is 16.0. The van der Waals surface area contributed by atoms with Crippen molar-refractivity contribution in [2.45, 2.75) is 92.9 Å². The lowest BCUT2D eigenvalue weighted by Crippen LogP contribution is -2.74. The van der Waals surface area contributed by atoms with Crippen molar-refractivity contribution in [3.8, 4) is 5.75 Å². The van der Waals surface area contributed by atoms with Crippen molar-refractivity contribution in [2.24, 2.45) is 11.3 Å². The van der Waals surface area contributed by atoms with Crippen LogP contribution in [0.4, 0.5) is 10.5 Å². The molecule has 4 fully saturated rings. The van der Waals surface area contributed by atoms with Crippen LogP contribution in [-0.2, 0) is 36.3 Å². The van der Waals surface area contributed by atoms with E-state index >= 15 is 4.79 Å². The Bertz CT molecular complexity index is 2300. The number of rotatable bonds is 7. The summed E-state index contributed by atoms with van der Waals surface area (Å²) >= 11 is 6.20. The third kappa shape index (κ3) is 5.03. The number of aliphatic hydroxyl groups is 1. The van der Waals surface area contributed by atoms with E-state index in [1.165, 1.54) is 12.0 Å². The topological polar surface area (TPSA) is 128 Å². The zero-order valence-corrected chi connectivity index (χ0v) is 35.6. The fourth-order valence-corrected chi connectivity index (χ4v) is 14.1. The molecule has 9 atom stereocenters. The Morgan fingerprint density at radius 2 is 1.88 bits per heavy atom. The first-order valence-corrected chi connectivity index (χ1v) is 22.0. The zero-order chi connectivity index (χ0) is 41.3. The van der Waals surface area contributed by atoms with Gasteiger partial charge in [0.25, 0.3) is 5.91 Å². The maximum absolute atomic E-state index is 15.4. The van der Waals surface area contributed by atoms with Crippen LogP contribution < -0.4 is 9.64 Å². The van der Waals surface area contributed by atoms with E-state index in [0.29, 0.717) is 50.0 Å². The number of benzene rings is 2. The maximum atomic E-state index is 15.4. The smallest absolute Gasteiger partial charge is 0.417 e. The summed E-state index contributed by atoms with van der Waals surface area (Å²) in [6.07, 6.45) is 7.89. The number of hydrogen-bond acceptors (Lipinski definition) is 10. The molecule has 1 unspecified atom stereocenters. The Morgan fingerprint density at radius 3 is 2.63 bits per heavy atom. The number of amides is 2. The SMILES string of the molecule is CC[C@@]1(O)C[C@@H]2CN(CCc3c([nH]c4ccccc34)[C@@](C(=O)OC)(c3cc4c(cc3OC)N(C)[C@@H]3[C@@]45CCN4CC=C[C@](CC)(C[C@]36OC(=O)N(CCCl)C6=O)[C@@H]45)C2)C1. The molecule has 2 N–H and O–H groups in total. The van der Waals surface area contributed by atoms with Gasteiger partial charge in [-0.25, -0.2) is 9.69 Å². The predicted molar refractivity (Wildman–Crippen MR) is 224 cm³/mol. The number of carbonyl (C=O) groups is 3. The number of para-hydroxylation sites is 1. The minimum atomic E-state index is -1.48. The number of imide groups is 1. The first-order chi connectivity index (χ1) is 28.4. The number of methoxy groups -OCH3 is 2. The molecule has 3 saturated heterocycles. The van der Waals surface area contributed by atoms with Gasteiger partial charge in [-0.3, -0.25) is 19.4 Å². The number of esters is 1. The minimum Gasteiger partial charge on any atom is -0.496 e. The average molecular weight is 826 g/mol. The van der Waals surface area contributed by atoms with Crippen LogP contribution in [-0.4, -0.2) is 132 Å². The van der Waals surface area contributed by atoms with E-state index in [4.69, 9.17) is 25.8 Å². The Kier molecular flexibility index (Phi) is 8.90. The number of anilines is 1. The van der Waals surface area contributed by atoms with Crippen LogP contribution in [0.2, 0.25) is 0 Å². The van der Waals surface area contributed by atoms with Crippen molar-refractivity contribution in [3.05, 3.63) is 70.9 Å². The molecule has 2 amide bonds. The largest absolute Gasteiger partial charge is 0.496 e. The van der Waals surface area contributed by atoms with Gasteiger partial charge >= 0.3 is 12.1 Å². The van der Waals surface area contributed by atoms with E-state index in [0.717, 1.165) is 72.4 Å². The number of carbonyl (C=O) groups excluding carboxylic acids is 3. The molecule has 2 bridgehead atoms. The molecule has 2 spiro atoms. The van der Waals surface area contributed by atoms with Crippen molar-refractivity contribution < 1.29 is 33.7 Å². The molecular weight excluding hydrogens is 770 g/mol. The molecule has 7 aliphatic rings. The van der Waals surface area contributed by atoms with Crippen LogP contribution >= 0.6 is 11.6 Å². The van der Waals surface area contributed by atoms with E-state index < -0.39 is 45.6 Å². The number of nitrogens with zero attached hydrogens (tertiary/aromatic N) is 4. The number of alkyl halides is 1. The normalized spacial score (nSPS) is 37.1. The van der Waals surface area contributed by atoms with Crippen LogP contribution in [0, 0.1) is 11.3 Å². The summed E-state index contributed by atoms with van der Waals surface area (Å²) in [7, 11) is 5.13. The molecule has 1 saturated carbocycles. The molecule has 10 rings (SSSR count). The lowest BCUT2D eigenvalue weighted by molar-refractivity contribution is -0.152. The Hall–Kier alpha value is -4.10. The molecule has 59 heavy (non-hydrogen) atoms. The van der Waals surface area contributed by atoms with Gasteiger partial charge in [-0.05, 0) is 74.2 Å². The van der Waals surface area contributed by atoms with E-state index in [1.807, 2.05) is 32.2 Å². The van der Waals surface area contributed by atoms with Gasteiger partial charge in [0.2, 0.25) is 5.60 Å². The number of likely N-dealkylation sites (N-methyl/N-ethyl adjacent to an activating group) is 1. The summed E-state index contributed by atoms with van der Waals surface area (Å²) in [4.78, 5) is 56.2. The molecule has 12 nitrogen and oxygen atoms in total. The predicted octanol–water partition coefficient (Wildman–Crippen LogP) is 5.50. The number of ether oxygens (including phenoxy) is 3. The summed E-state index contributed by atoms with van der Waals surface area (Å²) in [5, 5.41) is 13.1. The summed E-state index contributed by atoms with van der Waals surface area (Å²) in [5.41, 5.74) is 0.507. The van der Waals surface area contributed by atoms with Crippen molar-refractivity contribution >= 4 is 46.2 Å². The molecule has 314 valence electrons. The molecule has 2 aromatic carbocycles. The first kappa shape index (κ1) is 39.1. The monoisotopic (exact) mass is 825 g/mol.